The number of hydrogen-bond acceptors (Lipinski definition) is 5. The molecule has 7 heteroatoms. The lowest BCUT2D eigenvalue weighted by Gasteiger charge is -1.94. The van der Waals surface area contributed by atoms with Crippen molar-refractivity contribution in [3.8, 4) is 0 Å². The molecule has 0 aliphatic carbocycles. The highest BCUT2D eigenvalue weighted by atomic mass is 32.1. The Morgan fingerprint density at radius 3 is 2.95 bits per heavy atom. The number of rotatable bonds is 4. The second-order valence-electron chi connectivity index (χ2n) is 3.94. The van der Waals surface area contributed by atoms with Crippen molar-refractivity contribution in [2.45, 2.75) is 6.92 Å². The maximum Gasteiger partial charge on any atom is 0.270 e. The lowest BCUT2D eigenvalue weighted by atomic mass is 10.2. The summed E-state index contributed by atoms with van der Waals surface area (Å²) in [5, 5.41) is 15.6. The molecule has 1 amide bonds. The first-order valence-corrected chi connectivity index (χ1v) is 6.58. The van der Waals surface area contributed by atoms with Gasteiger partial charge in [-0.15, -0.1) is 11.3 Å². The summed E-state index contributed by atoms with van der Waals surface area (Å²) in [5.74, 6) is -0.173. The van der Waals surface area contributed by atoms with Crippen molar-refractivity contribution in [2.75, 3.05) is 5.32 Å². The maximum absolute atomic E-state index is 10.9. The van der Waals surface area contributed by atoms with Crippen molar-refractivity contribution in [2.24, 2.45) is 0 Å². The predicted octanol–water partition coefficient (Wildman–Crippen LogP) is 3.18. The number of anilines is 1. The number of thiazole rings is 1. The van der Waals surface area contributed by atoms with Gasteiger partial charge in [-0.25, -0.2) is 4.98 Å². The zero-order valence-electron chi connectivity index (χ0n) is 10.6. The molecular weight excluding hydrogens is 278 g/mol. The van der Waals surface area contributed by atoms with Crippen molar-refractivity contribution in [1.82, 2.24) is 4.98 Å². The Hall–Kier alpha value is -2.54. The average Bonchev–Trinajstić information content (AvgIpc) is 2.83. The molecule has 0 bridgehead atoms. The van der Waals surface area contributed by atoms with Crippen LogP contribution < -0.4 is 5.32 Å². The number of nitrogens with zero attached hydrogens (tertiary/aromatic N) is 2. The number of non-ortho nitro benzene ring substituents is 1. The van der Waals surface area contributed by atoms with E-state index in [9.17, 15) is 14.9 Å². The van der Waals surface area contributed by atoms with Gasteiger partial charge in [0.1, 0.15) is 0 Å². The van der Waals surface area contributed by atoms with Gasteiger partial charge in [-0.1, -0.05) is 18.2 Å². The van der Waals surface area contributed by atoms with Crippen LogP contribution in [-0.4, -0.2) is 15.8 Å². The molecule has 0 atom stereocenters. The Morgan fingerprint density at radius 1 is 1.45 bits per heavy atom. The van der Waals surface area contributed by atoms with Crippen molar-refractivity contribution in [3.63, 3.8) is 0 Å². The predicted molar refractivity (Wildman–Crippen MR) is 78.4 cm³/mol. The molecule has 1 aromatic carbocycles. The number of carbonyl (C=O) groups is 1. The number of aromatic nitrogens is 1. The highest BCUT2D eigenvalue weighted by Crippen LogP contribution is 2.19. The van der Waals surface area contributed by atoms with Crippen LogP contribution in [0.2, 0.25) is 0 Å². The number of hydrogen-bond donors (Lipinski definition) is 1. The fourth-order valence-electron chi connectivity index (χ4n) is 1.49. The quantitative estimate of drug-likeness (QED) is 0.692. The SMILES string of the molecule is CC(=O)Nc1nc(C=Cc2cccc([N+](=O)[O-])c2)cs1. The Labute approximate surface area is 118 Å². The average molecular weight is 289 g/mol. The first-order chi connectivity index (χ1) is 9.54. The van der Waals surface area contributed by atoms with Gasteiger partial charge in [0.2, 0.25) is 5.91 Å². The highest BCUT2D eigenvalue weighted by Gasteiger charge is 2.04. The molecule has 1 aromatic heterocycles. The molecule has 1 N–H and O–H groups in total. The van der Waals surface area contributed by atoms with Gasteiger partial charge < -0.3 is 5.32 Å². The lowest BCUT2D eigenvalue weighted by molar-refractivity contribution is -0.384. The van der Waals surface area contributed by atoms with Crippen LogP contribution in [0.5, 0.6) is 0 Å². The van der Waals surface area contributed by atoms with Crippen molar-refractivity contribution in [1.29, 1.82) is 0 Å². The van der Waals surface area contributed by atoms with E-state index in [1.165, 1.54) is 30.4 Å². The van der Waals surface area contributed by atoms with Gasteiger partial charge >= 0.3 is 0 Å². The first kappa shape index (κ1) is 13.9. The largest absolute Gasteiger partial charge is 0.302 e. The molecule has 0 aliphatic rings. The normalized spacial score (nSPS) is 10.7. The van der Waals surface area contributed by atoms with Crippen molar-refractivity contribution >= 4 is 40.2 Å². The minimum Gasteiger partial charge on any atom is -0.302 e. The van der Waals surface area contributed by atoms with E-state index >= 15 is 0 Å². The molecule has 0 fully saturated rings. The van der Waals surface area contributed by atoms with Crippen LogP contribution in [0.3, 0.4) is 0 Å². The van der Waals surface area contributed by atoms with Crippen LogP contribution in [-0.2, 0) is 4.79 Å². The number of amides is 1. The number of benzene rings is 1. The summed E-state index contributed by atoms with van der Waals surface area (Å²) in [6, 6.07) is 6.32. The van der Waals surface area contributed by atoms with Crippen LogP contribution in [0.25, 0.3) is 12.2 Å². The standard InChI is InChI=1S/C13H11N3O3S/c1-9(17)14-13-15-11(8-20-13)6-5-10-3-2-4-12(7-10)16(18)19/h2-8H,1H3,(H,14,15,17). The van der Waals surface area contributed by atoms with Crippen LogP contribution in [0.4, 0.5) is 10.8 Å². The summed E-state index contributed by atoms with van der Waals surface area (Å²) in [4.78, 5) is 25.3. The Kier molecular flexibility index (Phi) is 4.21. The van der Waals surface area contributed by atoms with Gasteiger partial charge in [0.25, 0.3) is 5.69 Å². The molecular formula is C13H11N3O3S. The summed E-state index contributed by atoms with van der Waals surface area (Å²) in [6.45, 7) is 1.42. The number of nitro benzene ring substituents is 1. The molecule has 0 unspecified atom stereocenters. The zero-order valence-corrected chi connectivity index (χ0v) is 11.4. The van der Waals surface area contributed by atoms with E-state index in [2.05, 4.69) is 10.3 Å². The van der Waals surface area contributed by atoms with Crippen LogP contribution in [0, 0.1) is 10.1 Å². The van der Waals surface area contributed by atoms with Gasteiger partial charge in [0.15, 0.2) is 5.13 Å². The highest BCUT2D eigenvalue weighted by molar-refractivity contribution is 7.14. The monoisotopic (exact) mass is 289 g/mol. The molecule has 0 aliphatic heterocycles. The lowest BCUT2D eigenvalue weighted by Crippen LogP contribution is -2.04. The number of nitrogens with one attached hydrogen (secondary N) is 1. The molecule has 2 aromatic rings. The summed E-state index contributed by atoms with van der Waals surface area (Å²) in [6.07, 6.45) is 3.47. The van der Waals surface area contributed by atoms with Gasteiger partial charge in [-0.05, 0) is 11.6 Å². The van der Waals surface area contributed by atoms with Crippen molar-refractivity contribution in [3.05, 3.63) is 51.0 Å². The Balaban J connectivity index is 2.12. The van der Waals surface area contributed by atoms with E-state index in [1.807, 2.05) is 0 Å². The zero-order chi connectivity index (χ0) is 14.5. The number of carbonyl (C=O) groups excluding carboxylic acids is 1. The van der Waals surface area contributed by atoms with E-state index in [4.69, 9.17) is 0 Å². The minimum absolute atomic E-state index is 0.0457. The van der Waals surface area contributed by atoms with Gasteiger partial charge in [0.05, 0.1) is 10.6 Å². The second kappa shape index (κ2) is 6.07. The van der Waals surface area contributed by atoms with E-state index in [0.29, 0.717) is 16.4 Å². The third-order valence-electron chi connectivity index (χ3n) is 2.33. The Morgan fingerprint density at radius 2 is 2.25 bits per heavy atom. The molecule has 20 heavy (non-hydrogen) atoms. The van der Waals surface area contributed by atoms with E-state index in [0.717, 1.165) is 0 Å². The summed E-state index contributed by atoms with van der Waals surface area (Å²) >= 11 is 1.32. The molecule has 0 saturated carbocycles. The van der Waals surface area contributed by atoms with Gasteiger partial charge in [-0.3, -0.25) is 14.9 Å². The summed E-state index contributed by atoms with van der Waals surface area (Å²) < 4.78 is 0. The van der Waals surface area contributed by atoms with Gasteiger partial charge in [-0.2, -0.15) is 0 Å². The fourth-order valence-corrected chi connectivity index (χ4v) is 2.22. The van der Waals surface area contributed by atoms with Crippen LogP contribution in [0.15, 0.2) is 29.6 Å². The van der Waals surface area contributed by atoms with Crippen molar-refractivity contribution < 1.29 is 9.72 Å². The maximum atomic E-state index is 10.9. The molecule has 6 nitrogen and oxygen atoms in total. The topological polar surface area (TPSA) is 85.1 Å². The molecule has 0 radical (unpaired) electrons. The van der Waals surface area contributed by atoms with Crippen LogP contribution >= 0.6 is 11.3 Å². The first-order valence-electron chi connectivity index (χ1n) is 5.70. The molecule has 0 saturated heterocycles. The third kappa shape index (κ3) is 3.72. The smallest absolute Gasteiger partial charge is 0.270 e. The molecule has 2 rings (SSSR count). The van der Waals surface area contributed by atoms with E-state index in [1.54, 1.807) is 29.7 Å². The Bertz CT molecular complexity index is 679. The van der Waals surface area contributed by atoms with E-state index < -0.39 is 4.92 Å². The summed E-state index contributed by atoms with van der Waals surface area (Å²) in [5.41, 5.74) is 1.45. The minimum atomic E-state index is -0.435. The molecule has 0 spiro atoms. The molecule has 102 valence electrons. The second-order valence-corrected chi connectivity index (χ2v) is 4.80. The molecule has 1 heterocycles. The van der Waals surface area contributed by atoms with Crippen LogP contribution in [0.1, 0.15) is 18.2 Å². The number of nitro groups is 1. The van der Waals surface area contributed by atoms with Gasteiger partial charge in [0, 0.05) is 24.4 Å². The van der Waals surface area contributed by atoms with E-state index in [-0.39, 0.29) is 11.6 Å². The fraction of sp³-hybridized carbons (Fsp3) is 0.0769. The third-order valence-corrected chi connectivity index (χ3v) is 3.11. The summed E-state index contributed by atoms with van der Waals surface area (Å²) in [7, 11) is 0.